The Balaban J connectivity index is 1.76. The van der Waals surface area contributed by atoms with E-state index < -0.39 is 9.84 Å². The number of fused-ring (bicyclic) bond motifs is 1. The van der Waals surface area contributed by atoms with E-state index in [1.165, 1.54) is 9.75 Å². The van der Waals surface area contributed by atoms with Crippen molar-refractivity contribution < 1.29 is 13.2 Å². The second-order valence-corrected chi connectivity index (χ2v) is 10.5. The van der Waals surface area contributed by atoms with Crippen LogP contribution < -0.4 is 0 Å². The molecule has 0 aromatic carbocycles. The summed E-state index contributed by atoms with van der Waals surface area (Å²) < 4.78 is 24.4. The number of carbonyl (C=O) groups excluding carboxylic acids is 1. The van der Waals surface area contributed by atoms with Crippen LogP contribution in [0.4, 0.5) is 0 Å². The van der Waals surface area contributed by atoms with Crippen LogP contribution in [0.3, 0.4) is 0 Å². The zero-order valence-electron chi connectivity index (χ0n) is 14.4. The van der Waals surface area contributed by atoms with Crippen molar-refractivity contribution in [2.45, 2.75) is 25.6 Å². The van der Waals surface area contributed by atoms with Crippen molar-refractivity contribution in [2.75, 3.05) is 45.2 Å². The molecule has 1 amide bonds. The van der Waals surface area contributed by atoms with Crippen LogP contribution in [-0.2, 0) is 21.2 Å². The minimum atomic E-state index is -3.04. The lowest BCUT2D eigenvalue weighted by molar-refractivity contribution is -0.131. The van der Waals surface area contributed by atoms with Gasteiger partial charge in [-0.3, -0.25) is 14.6 Å². The van der Waals surface area contributed by atoms with Crippen LogP contribution >= 0.6 is 11.3 Å². The molecule has 0 N–H and O–H groups in total. The van der Waals surface area contributed by atoms with Crippen molar-refractivity contribution in [1.29, 1.82) is 0 Å². The zero-order valence-corrected chi connectivity index (χ0v) is 16.1. The minimum Gasteiger partial charge on any atom is -0.348 e. The lowest BCUT2D eigenvalue weighted by atomic mass is 10.0. The van der Waals surface area contributed by atoms with Gasteiger partial charge in [0.25, 0.3) is 0 Å². The molecule has 0 radical (unpaired) electrons. The molecular formula is C16H25N3O3S2. The average molecular weight is 372 g/mol. The largest absolute Gasteiger partial charge is 0.348 e. The summed E-state index contributed by atoms with van der Waals surface area (Å²) >= 11 is 1.77. The highest BCUT2D eigenvalue weighted by atomic mass is 32.2. The highest BCUT2D eigenvalue weighted by Crippen LogP contribution is 2.29. The normalized spacial score (nSPS) is 27.1. The second-order valence-electron chi connectivity index (χ2n) is 6.95. The molecule has 2 saturated heterocycles. The van der Waals surface area contributed by atoms with Crippen molar-refractivity contribution in [3.63, 3.8) is 0 Å². The Morgan fingerprint density at radius 3 is 2.42 bits per heavy atom. The summed E-state index contributed by atoms with van der Waals surface area (Å²) in [5, 5.41) is 0. The van der Waals surface area contributed by atoms with Crippen molar-refractivity contribution in [3.05, 3.63) is 21.9 Å². The van der Waals surface area contributed by atoms with Crippen LogP contribution in [0.25, 0.3) is 0 Å². The summed E-state index contributed by atoms with van der Waals surface area (Å²) in [7, 11) is 0.431. The molecule has 0 bridgehead atoms. The van der Waals surface area contributed by atoms with E-state index in [9.17, 15) is 13.2 Å². The van der Waals surface area contributed by atoms with E-state index in [1.807, 2.05) is 0 Å². The smallest absolute Gasteiger partial charge is 0.236 e. The van der Waals surface area contributed by atoms with Gasteiger partial charge in [-0.15, -0.1) is 11.3 Å². The maximum absolute atomic E-state index is 12.2. The number of amides is 1. The molecule has 2 fully saturated rings. The SMILES string of the molecule is Cc1ccc(CN2CCN(CC(=O)N(C)C)[C@@H]3CS(=O)(=O)C[C@@H]32)s1. The average Bonchev–Trinajstić information content (AvgIpc) is 3.03. The van der Waals surface area contributed by atoms with Crippen LogP contribution in [0.5, 0.6) is 0 Å². The number of thiophene rings is 1. The fourth-order valence-electron chi connectivity index (χ4n) is 3.57. The topological polar surface area (TPSA) is 60.9 Å². The van der Waals surface area contributed by atoms with E-state index in [2.05, 4.69) is 28.9 Å². The van der Waals surface area contributed by atoms with Gasteiger partial charge >= 0.3 is 0 Å². The number of sulfone groups is 1. The summed E-state index contributed by atoms with van der Waals surface area (Å²) in [5.41, 5.74) is 0. The van der Waals surface area contributed by atoms with Crippen molar-refractivity contribution in [3.8, 4) is 0 Å². The Bertz CT molecular complexity index is 714. The fourth-order valence-corrected chi connectivity index (χ4v) is 6.53. The first-order valence-electron chi connectivity index (χ1n) is 8.19. The number of rotatable bonds is 4. The van der Waals surface area contributed by atoms with E-state index in [0.29, 0.717) is 6.54 Å². The molecule has 6 nitrogen and oxygen atoms in total. The zero-order chi connectivity index (χ0) is 17.5. The maximum Gasteiger partial charge on any atom is 0.236 e. The summed E-state index contributed by atoms with van der Waals surface area (Å²) in [6.07, 6.45) is 0. The number of piperazine rings is 1. The number of aryl methyl sites for hydroxylation is 1. The van der Waals surface area contributed by atoms with Crippen molar-refractivity contribution in [1.82, 2.24) is 14.7 Å². The molecule has 134 valence electrons. The van der Waals surface area contributed by atoms with Gasteiger partial charge in [0.1, 0.15) is 0 Å². The molecule has 0 spiro atoms. The van der Waals surface area contributed by atoms with Gasteiger partial charge in [0, 0.05) is 55.6 Å². The molecule has 1 aromatic rings. The fraction of sp³-hybridized carbons (Fsp3) is 0.688. The third-order valence-corrected chi connectivity index (χ3v) is 7.58. The van der Waals surface area contributed by atoms with Gasteiger partial charge in [-0.2, -0.15) is 0 Å². The molecule has 0 saturated carbocycles. The highest BCUT2D eigenvalue weighted by molar-refractivity contribution is 7.91. The van der Waals surface area contributed by atoms with Gasteiger partial charge < -0.3 is 4.90 Å². The first-order chi connectivity index (χ1) is 11.2. The Morgan fingerprint density at radius 2 is 1.83 bits per heavy atom. The number of carbonyl (C=O) groups is 1. The molecule has 3 heterocycles. The Morgan fingerprint density at radius 1 is 1.21 bits per heavy atom. The van der Waals surface area contributed by atoms with Gasteiger partial charge in [-0.1, -0.05) is 0 Å². The summed E-state index contributed by atoms with van der Waals surface area (Å²) in [6.45, 7) is 4.72. The van der Waals surface area contributed by atoms with E-state index in [1.54, 1.807) is 30.3 Å². The molecule has 0 unspecified atom stereocenters. The Hall–Kier alpha value is -0.960. The lowest BCUT2D eigenvalue weighted by Crippen LogP contribution is -2.60. The van der Waals surface area contributed by atoms with Gasteiger partial charge in [-0.25, -0.2) is 8.42 Å². The second kappa shape index (κ2) is 6.74. The Labute approximate surface area is 148 Å². The monoisotopic (exact) mass is 371 g/mol. The maximum atomic E-state index is 12.2. The molecule has 8 heteroatoms. The first kappa shape index (κ1) is 17.8. The number of nitrogens with zero attached hydrogens (tertiary/aromatic N) is 3. The molecule has 2 aliphatic heterocycles. The van der Waals surface area contributed by atoms with Gasteiger partial charge in [0.15, 0.2) is 9.84 Å². The van der Waals surface area contributed by atoms with Crippen LogP contribution in [0, 0.1) is 6.92 Å². The van der Waals surface area contributed by atoms with Crippen molar-refractivity contribution in [2.24, 2.45) is 0 Å². The van der Waals surface area contributed by atoms with Crippen LogP contribution in [0.15, 0.2) is 12.1 Å². The van der Waals surface area contributed by atoms with Gasteiger partial charge in [-0.05, 0) is 19.1 Å². The molecule has 24 heavy (non-hydrogen) atoms. The molecule has 0 aliphatic carbocycles. The molecule has 1 aromatic heterocycles. The number of hydrogen-bond acceptors (Lipinski definition) is 6. The summed E-state index contributed by atoms with van der Waals surface area (Å²) in [5.74, 6) is 0.396. The number of likely N-dealkylation sites (N-methyl/N-ethyl adjacent to an activating group) is 1. The highest BCUT2D eigenvalue weighted by Gasteiger charge is 2.46. The summed E-state index contributed by atoms with van der Waals surface area (Å²) in [4.78, 5) is 20.5. The van der Waals surface area contributed by atoms with E-state index in [0.717, 1.165) is 19.6 Å². The Kier molecular flexibility index (Phi) is 5.01. The first-order valence-corrected chi connectivity index (χ1v) is 10.8. The van der Waals surface area contributed by atoms with Gasteiger partial charge in [0.2, 0.25) is 5.91 Å². The minimum absolute atomic E-state index is 0.0129. The standard InChI is InChI=1S/C16H25N3O3S2/c1-12-4-5-13(23-12)8-18-6-7-19(9-16(20)17(2)3)15-11-24(21,22)10-14(15)18/h4-5,14-15H,6-11H2,1-3H3/t14-,15+/m0/s1. The van der Waals surface area contributed by atoms with Crippen LogP contribution in [-0.4, -0.2) is 86.3 Å². The van der Waals surface area contributed by atoms with E-state index in [-0.39, 0.29) is 29.5 Å². The summed E-state index contributed by atoms with van der Waals surface area (Å²) in [6, 6.07) is 4.14. The predicted molar refractivity (Wildman–Crippen MR) is 96.0 cm³/mol. The number of hydrogen-bond donors (Lipinski definition) is 0. The van der Waals surface area contributed by atoms with Gasteiger partial charge in [0.05, 0.1) is 18.1 Å². The van der Waals surface area contributed by atoms with Crippen LogP contribution in [0.2, 0.25) is 0 Å². The molecule has 2 aliphatic rings. The van der Waals surface area contributed by atoms with Crippen LogP contribution in [0.1, 0.15) is 9.75 Å². The third kappa shape index (κ3) is 3.82. The van der Waals surface area contributed by atoms with E-state index in [4.69, 9.17) is 0 Å². The quantitative estimate of drug-likeness (QED) is 0.768. The molecule has 2 atom stereocenters. The van der Waals surface area contributed by atoms with Crippen molar-refractivity contribution >= 4 is 27.1 Å². The third-order valence-electron chi connectivity index (χ3n) is 4.90. The molecular weight excluding hydrogens is 346 g/mol. The lowest BCUT2D eigenvalue weighted by Gasteiger charge is -2.43. The molecule has 3 rings (SSSR count). The van der Waals surface area contributed by atoms with E-state index >= 15 is 0 Å². The predicted octanol–water partition coefficient (Wildman–Crippen LogP) is 0.428.